The van der Waals surface area contributed by atoms with E-state index < -0.39 is 6.04 Å². The third kappa shape index (κ3) is 6.36. The van der Waals surface area contributed by atoms with Gasteiger partial charge in [-0.05, 0) is 31.8 Å². The Morgan fingerprint density at radius 1 is 1.28 bits per heavy atom. The standard InChI is InChI=1S/C14H31N3O/c1-10(2)8-11(17(6)7)9-16-13(18)12(15)14(3,4)5/h10-12H,8-9,15H2,1-7H3,(H,16,18)/t11?,12-/m1/s1. The van der Waals surface area contributed by atoms with Crippen molar-refractivity contribution in [1.29, 1.82) is 0 Å². The van der Waals surface area contributed by atoms with E-state index in [9.17, 15) is 4.79 Å². The summed E-state index contributed by atoms with van der Waals surface area (Å²) in [5.41, 5.74) is 5.73. The fourth-order valence-corrected chi connectivity index (χ4v) is 1.74. The predicted molar refractivity (Wildman–Crippen MR) is 77.4 cm³/mol. The summed E-state index contributed by atoms with van der Waals surface area (Å²) in [6, 6.07) is -0.0968. The maximum Gasteiger partial charge on any atom is 0.237 e. The average Bonchev–Trinajstić information content (AvgIpc) is 2.20. The molecule has 0 heterocycles. The van der Waals surface area contributed by atoms with E-state index in [1.165, 1.54) is 0 Å². The Kier molecular flexibility index (Phi) is 6.86. The number of likely N-dealkylation sites (N-methyl/N-ethyl adjacent to an activating group) is 1. The lowest BCUT2D eigenvalue weighted by atomic mass is 9.87. The second-order valence-electron chi connectivity index (χ2n) is 6.84. The van der Waals surface area contributed by atoms with E-state index in [4.69, 9.17) is 5.73 Å². The molecule has 4 nitrogen and oxygen atoms in total. The van der Waals surface area contributed by atoms with E-state index in [2.05, 4.69) is 24.1 Å². The molecule has 1 amide bonds. The Hall–Kier alpha value is -0.610. The summed E-state index contributed by atoms with van der Waals surface area (Å²) in [6.07, 6.45) is 1.07. The molecule has 4 heteroatoms. The summed E-state index contributed by atoms with van der Waals surface area (Å²) in [6.45, 7) is 11.0. The number of hydrogen-bond acceptors (Lipinski definition) is 3. The zero-order valence-electron chi connectivity index (χ0n) is 13.1. The number of carbonyl (C=O) groups excluding carboxylic acids is 1. The molecular weight excluding hydrogens is 226 g/mol. The first kappa shape index (κ1) is 17.4. The highest BCUT2D eigenvalue weighted by molar-refractivity contribution is 5.82. The molecule has 0 aliphatic rings. The van der Waals surface area contributed by atoms with Gasteiger partial charge in [-0.1, -0.05) is 34.6 Å². The van der Waals surface area contributed by atoms with Gasteiger partial charge >= 0.3 is 0 Å². The van der Waals surface area contributed by atoms with Crippen LogP contribution in [0.1, 0.15) is 41.0 Å². The van der Waals surface area contributed by atoms with Crippen LogP contribution in [0.3, 0.4) is 0 Å². The van der Waals surface area contributed by atoms with Crippen molar-refractivity contribution < 1.29 is 4.79 Å². The fourth-order valence-electron chi connectivity index (χ4n) is 1.74. The van der Waals surface area contributed by atoms with Gasteiger partial charge in [0.25, 0.3) is 0 Å². The molecule has 1 unspecified atom stereocenters. The molecule has 0 saturated carbocycles. The SMILES string of the molecule is CC(C)CC(CNC(=O)[C@@H](N)C(C)(C)C)N(C)C. The molecule has 0 bridgehead atoms. The minimum absolute atomic E-state index is 0.0573. The number of rotatable bonds is 6. The predicted octanol–water partition coefficient (Wildman–Crippen LogP) is 1.45. The van der Waals surface area contributed by atoms with Gasteiger partial charge in [-0.25, -0.2) is 0 Å². The van der Waals surface area contributed by atoms with Crippen LogP contribution in [0.2, 0.25) is 0 Å². The first-order valence-electron chi connectivity index (χ1n) is 6.75. The Morgan fingerprint density at radius 2 is 1.78 bits per heavy atom. The molecule has 0 aromatic heterocycles. The number of nitrogens with zero attached hydrogens (tertiary/aromatic N) is 1. The summed E-state index contributed by atoms with van der Waals surface area (Å²) in [5, 5.41) is 2.97. The average molecular weight is 257 g/mol. The molecule has 0 radical (unpaired) electrons. The van der Waals surface area contributed by atoms with Crippen LogP contribution in [-0.2, 0) is 4.79 Å². The molecule has 18 heavy (non-hydrogen) atoms. The molecule has 0 fully saturated rings. The maximum absolute atomic E-state index is 11.9. The Morgan fingerprint density at radius 3 is 2.11 bits per heavy atom. The summed E-state index contributed by atoms with van der Waals surface area (Å²) >= 11 is 0. The van der Waals surface area contributed by atoms with Gasteiger partial charge in [0.15, 0.2) is 0 Å². The van der Waals surface area contributed by atoms with E-state index in [-0.39, 0.29) is 11.3 Å². The molecule has 3 N–H and O–H groups in total. The molecule has 2 atom stereocenters. The molecule has 0 aromatic carbocycles. The van der Waals surface area contributed by atoms with Gasteiger partial charge in [0.1, 0.15) is 0 Å². The summed E-state index contributed by atoms with van der Waals surface area (Å²) < 4.78 is 0. The largest absolute Gasteiger partial charge is 0.353 e. The van der Waals surface area contributed by atoms with Gasteiger partial charge in [-0.15, -0.1) is 0 Å². The summed E-state index contributed by atoms with van der Waals surface area (Å²) in [7, 11) is 4.09. The lowest BCUT2D eigenvalue weighted by molar-refractivity contribution is -0.124. The van der Waals surface area contributed by atoms with Gasteiger partial charge in [0.05, 0.1) is 6.04 Å². The van der Waals surface area contributed by atoms with Crippen LogP contribution < -0.4 is 11.1 Å². The third-order valence-corrected chi connectivity index (χ3v) is 3.20. The topological polar surface area (TPSA) is 58.4 Å². The first-order valence-corrected chi connectivity index (χ1v) is 6.75. The zero-order chi connectivity index (χ0) is 14.5. The van der Waals surface area contributed by atoms with E-state index in [1.54, 1.807) is 0 Å². The van der Waals surface area contributed by atoms with Gasteiger partial charge < -0.3 is 16.0 Å². The smallest absolute Gasteiger partial charge is 0.237 e. The molecular formula is C14H31N3O. The summed E-state index contributed by atoms with van der Waals surface area (Å²) in [5.74, 6) is 0.559. The maximum atomic E-state index is 11.9. The van der Waals surface area contributed by atoms with E-state index >= 15 is 0 Å². The number of amides is 1. The Labute approximate surface area is 112 Å². The van der Waals surface area contributed by atoms with Crippen molar-refractivity contribution in [2.24, 2.45) is 17.1 Å². The summed E-state index contributed by atoms with van der Waals surface area (Å²) in [4.78, 5) is 14.1. The van der Waals surface area contributed by atoms with Crippen LogP contribution in [0.5, 0.6) is 0 Å². The Bertz CT molecular complexity index is 256. The number of nitrogens with one attached hydrogen (secondary N) is 1. The monoisotopic (exact) mass is 257 g/mol. The van der Waals surface area contributed by atoms with Crippen molar-refractivity contribution in [3.05, 3.63) is 0 Å². The first-order chi connectivity index (χ1) is 8.05. The third-order valence-electron chi connectivity index (χ3n) is 3.20. The van der Waals surface area contributed by atoms with Crippen molar-refractivity contribution in [1.82, 2.24) is 10.2 Å². The van der Waals surface area contributed by atoms with Gasteiger partial charge in [-0.2, -0.15) is 0 Å². The highest BCUT2D eigenvalue weighted by Gasteiger charge is 2.27. The lowest BCUT2D eigenvalue weighted by Gasteiger charge is -2.29. The van der Waals surface area contributed by atoms with E-state index in [0.717, 1.165) is 6.42 Å². The lowest BCUT2D eigenvalue weighted by Crippen LogP contribution is -2.51. The molecule has 0 rings (SSSR count). The number of carbonyl (C=O) groups is 1. The number of hydrogen-bond donors (Lipinski definition) is 2. The second kappa shape index (κ2) is 7.10. The molecule has 0 aliphatic carbocycles. The molecule has 0 aromatic rings. The van der Waals surface area contributed by atoms with Gasteiger partial charge in [-0.3, -0.25) is 4.79 Å². The fraction of sp³-hybridized carbons (Fsp3) is 0.929. The van der Waals surface area contributed by atoms with Crippen molar-refractivity contribution in [3.8, 4) is 0 Å². The normalized spacial score (nSPS) is 15.9. The highest BCUT2D eigenvalue weighted by atomic mass is 16.2. The zero-order valence-corrected chi connectivity index (χ0v) is 13.1. The van der Waals surface area contributed by atoms with Crippen LogP contribution in [0.25, 0.3) is 0 Å². The minimum atomic E-state index is -0.459. The second-order valence-corrected chi connectivity index (χ2v) is 6.84. The van der Waals surface area contributed by atoms with Crippen molar-refractivity contribution in [2.45, 2.75) is 53.1 Å². The highest BCUT2D eigenvalue weighted by Crippen LogP contribution is 2.17. The van der Waals surface area contributed by atoms with Gasteiger partial charge in [0.2, 0.25) is 5.91 Å². The van der Waals surface area contributed by atoms with Crippen LogP contribution in [0, 0.1) is 11.3 Å². The molecule has 0 spiro atoms. The number of nitrogens with two attached hydrogens (primary N) is 1. The van der Waals surface area contributed by atoms with Crippen molar-refractivity contribution in [2.75, 3.05) is 20.6 Å². The molecule has 0 aliphatic heterocycles. The van der Waals surface area contributed by atoms with Crippen LogP contribution >= 0.6 is 0 Å². The van der Waals surface area contributed by atoms with Crippen molar-refractivity contribution >= 4 is 5.91 Å². The van der Waals surface area contributed by atoms with E-state index in [0.29, 0.717) is 18.5 Å². The van der Waals surface area contributed by atoms with Crippen LogP contribution in [0.15, 0.2) is 0 Å². The molecule has 0 saturated heterocycles. The van der Waals surface area contributed by atoms with Gasteiger partial charge in [0, 0.05) is 12.6 Å². The quantitative estimate of drug-likeness (QED) is 0.757. The van der Waals surface area contributed by atoms with Crippen molar-refractivity contribution in [3.63, 3.8) is 0 Å². The van der Waals surface area contributed by atoms with Crippen LogP contribution in [0.4, 0.5) is 0 Å². The molecule has 108 valence electrons. The van der Waals surface area contributed by atoms with Crippen LogP contribution in [-0.4, -0.2) is 43.5 Å². The Balaban J connectivity index is 4.32. The minimum Gasteiger partial charge on any atom is -0.353 e. The van der Waals surface area contributed by atoms with E-state index in [1.807, 2.05) is 34.9 Å².